The molecule has 2 atom stereocenters. The van der Waals surface area contributed by atoms with E-state index in [9.17, 15) is 19.2 Å². The molecule has 3 aromatic carbocycles. The lowest BCUT2D eigenvalue weighted by atomic mass is 10.0. The van der Waals surface area contributed by atoms with E-state index >= 15 is 0 Å². The largest absolute Gasteiger partial charge is 0.382 e. The van der Waals surface area contributed by atoms with Gasteiger partial charge in [0, 0.05) is 20.1 Å². The van der Waals surface area contributed by atoms with Crippen LogP contribution in [0.2, 0.25) is 0 Å². The number of hydroxylamine groups is 1. The highest BCUT2D eigenvalue weighted by Gasteiger charge is 2.28. The highest BCUT2D eigenvalue weighted by Crippen LogP contribution is 2.18. The average molecular weight is 535 g/mol. The molecular formula is C29H34N4O6. The van der Waals surface area contributed by atoms with Crippen molar-refractivity contribution in [3.63, 3.8) is 0 Å². The molecule has 39 heavy (non-hydrogen) atoms. The van der Waals surface area contributed by atoms with Gasteiger partial charge in [0.15, 0.2) is 0 Å². The van der Waals surface area contributed by atoms with Crippen LogP contribution >= 0.6 is 0 Å². The van der Waals surface area contributed by atoms with Gasteiger partial charge in [0.25, 0.3) is 0 Å². The molecule has 0 fully saturated rings. The second-order valence-corrected chi connectivity index (χ2v) is 9.07. The third-order valence-corrected chi connectivity index (χ3v) is 6.18. The van der Waals surface area contributed by atoms with Gasteiger partial charge in [-0.25, -0.2) is 5.48 Å². The van der Waals surface area contributed by atoms with Crippen LogP contribution in [0.15, 0.2) is 72.8 Å². The number of rotatable bonds is 14. The van der Waals surface area contributed by atoms with Crippen molar-refractivity contribution in [2.45, 2.75) is 44.3 Å². The van der Waals surface area contributed by atoms with Crippen molar-refractivity contribution in [1.29, 1.82) is 0 Å². The van der Waals surface area contributed by atoms with Crippen LogP contribution in [-0.4, -0.2) is 54.6 Å². The van der Waals surface area contributed by atoms with E-state index in [4.69, 9.17) is 9.94 Å². The van der Waals surface area contributed by atoms with Gasteiger partial charge < -0.3 is 20.7 Å². The molecular weight excluding hydrogens is 500 g/mol. The monoisotopic (exact) mass is 534 g/mol. The summed E-state index contributed by atoms with van der Waals surface area (Å²) >= 11 is 0. The van der Waals surface area contributed by atoms with Gasteiger partial charge in [-0.05, 0) is 34.7 Å². The standard InChI is InChI=1S/C29H34N4O6/c1-39-19-25(28(36)30-18-22-14-8-13-21-12-5-6-15-23(21)22)32-29(37)24(17-27(35)33-38)31-26(34)16-7-11-20-9-3-2-4-10-20/h2-6,8-10,12-15,24-25,38H,7,11,16-19H2,1H3,(H,30,36)(H,31,34)(H,32,37)(H,33,35). The number of carbonyl (C=O) groups excluding carboxylic acids is 4. The highest BCUT2D eigenvalue weighted by molar-refractivity contribution is 5.95. The topological polar surface area (TPSA) is 146 Å². The Bertz CT molecular complexity index is 1260. The molecule has 0 aromatic heterocycles. The summed E-state index contributed by atoms with van der Waals surface area (Å²) in [5.41, 5.74) is 3.45. The fourth-order valence-corrected chi connectivity index (χ4v) is 4.18. The average Bonchev–Trinajstić information content (AvgIpc) is 2.95. The lowest BCUT2D eigenvalue weighted by Gasteiger charge is -2.22. The summed E-state index contributed by atoms with van der Waals surface area (Å²) in [5.74, 6) is -2.53. The van der Waals surface area contributed by atoms with Crippen LogP contribution in [0.1, 0.15) is 30.4 Å². The first-order chi connectivity index (χ1) is 18.9. The van der Waals surface area contributed by atoms with E-state index in [0.29, 0.717) is 12.8 Å². The number of carbonyl (C=O) groups is 4. The third kappa shape index (κ3) is 9.20. The zero-order chi connectivity index (χ0) is 28.0. The molecule has 0 aliphatic heterocycles. The number of aryl methyl sites for hydroxylation is 1. The first kappa shape index (κ1) is 29.3. The number of hydrogen-bond acceptors (Lipinski definition) is 6. The van der Waals surface area contributed by atoms with Crippen LogP contribution in [-0.2, 0) is 36.9 Å². The maximum Gasteiger partial charge on any atom is 0.245 e. The maximum atomic E-state index is 13.0. The molecule has 0 saturated heterocycles. The Kier molecular flexibility index (Phi) is 11.4. The lowest BCUT2D eigenvalue weighted by Crippen LogP contribution is -2.56. The molecule has 4 amide bonds. The maximum absolute atomic E-state index is 13.0. The van der Waals surface area contributed by atoms with E-state index in [1.165, 1.54) is 12.6 Å². The van der Waals surface area contributed by atoms with Gasteiger partial charge in [-0.1, -0.05) is 72.8 Å². The Hall–Kier alpha value is -4.28. The van der Waals surface area contributed by atoms with Crippen molar-refractivity contribution in [2.75, 3.05) is 13.7 Å². The molecule has 5 N–H and O–H groups in total. The number of ether oxygens (including phenoxy) is 1. The molecule has 0 aliphatic rings. The quantitative estimate of drug-likeness (QED) is 0.158. The Morgan fingerprint density at radius 1 is 0.821 bits per heavy atom. The number of nitrogens with one attached hydrogen (secondary N) is 4. The van der Waals surface area contributed by atoms with Crippen LogP contribution in [0.3, 0.4) is 0 Å². The van der Waals surface area contributed by atoms with E-state index in [2.05, 4.69) is 16.0 Å². The summed E-state index contributed by atoms with van der Waals surface area (Å²) in [6.07, 6.45) is 0.838. The first-order valence-corrected chi connectivity index (χ1v) is 12.7. The van der Waals surface area contributed by atoms with Crippen molar-refractivity contribution in [2.24, 2.45) is 0 Å². The third-order valence-electron chi connectivity index (χ3n) is 6.18. The van der Waals surface area contributed by atoms with Crippen LogP contribution in [0.5, 0.6) is 0 Å². The summed E-state index contributed by atoms with van der Waals surface area (Å²) in [4.78, 5) is 50.4. The van der Waals surface area contributed by atoms with Crippen molar-refractivity contribution in [3.8, 4) is 0 Å². The summed E-state index contributed by atoms with van der Waals surface area (Å²) in [5, 5.41) is 18.9. The predicted octanol–water partition coefficient (Wildman–Crippen LogP) is 1.99. The van der Waals surface area contributed by atoms with Crippen LogP contribution in [0.4, 0.5) is 0 Å². The molecule has 0 spiro atoms. The van der Waals surface area contributed by atoms with Crippen molar-refractivity contribution >= 4 is 34.4 Å². The number of fused-ring (bicyclic) bond motifs is 1. The minimum atomic E-state index is -1.30. The summed E-state index contributed by atoms with van der Waals surface area (Å²) in [6.45, 7) is 0.0990. The molecule has 0 heterocycles. The van der Waals surface area contributed by atoms with Gasteiger partial charge in [0.05, 0.1) is 13.0 Å². The number of amides is 4. The second-order valence-electron chi connectivity index (χ2n) is 9.07. The van der Waals surface area contributed by atoms with Crippen LogP contribution in [0, 0.1) is 0 Å². The van der Waals surface area contributed by atoms with Gasteiger partial charge in [-0.3, -0.25) is 24.4 Å². The molecule has 10 nitrogen and oxygen atoms in total. The minimum absolute atomic E-state index is 0.128. The zero-order valence-corrected chi connectivity index (χ0v) is 21.8. The molecule has 206 valence electrons. The normalized spacial score (nSPS) is 12.3. The summed E-state index contributed by atoms with van der Waals surface area (Å²) in [6, 6.07) is 20.9. The van der Waals surface area contributed by atoms with Crippen molar-refractivity contribution < 1.29 is 29.1 Å². The van der Waals surface area contributed by atoms with Crippen LogP contribution < -0.4 is 21.4 Å². The van der Waals surface area contributed by atoms with Gasteiger partial charge in [0.1, 0.15) is 12.1 Å². The fraction of sp³-hybridized carbons (Fsp3) is 0.310. The Morgan fingerprint density at radius 3 is 2.28 bits per heavy atom. The van der Waals surface area contributed by atoms with E-state index < -0.39 is 42.1 Å². The molecule has 10 heteroatoms. The van der Waals surface area contributed by atoms with E-state index in [1.807, 2.05) is 72.8 Å². The molecule has 3 aromatic rings. The van der Waals surface area contributed by atoms with Gasteiger partial charge in [-0.15, -0.1) is 0 Å². The van der Waals surface area contributed by atoms with E-state index in [1.54, 1.807) is 0 Å². The molecule has 0 saturated carbocycles. The summed E-state index contributed by atoms with van der Waals surface area (Å²) < 4.78 is 5.12. The zero-order valence-electron chi connectivity index (χ0n) is 21.8. The molecule has 0 aliphatic carbocycles. The minimum Gasteiger partial charge on any atom is -0.382 e. The van der Waals surface area contributed by atoms with Crippen molar-refractivity contribution in [3.05, 3.63) is 83.9 Å². The molecule has 0 bridgehead atoms. The van der Waals surface area contributed by atoms with Crippen molar-refractivity contribution in [1.82, 2.24) is 21.4 Å². The number of hydrogen-bond donors (Lipinski definition) is 5. The Morgan fingerprint density at radius 2 is 1.54 bits per heavy atom. The highest BCUT2D eigenvalue weighted by atomic mass is 16.5. The van der Waals surface area contributed by atoms with Gasteiger partial charge in [-0.2, -0.15) is 0 Å². The Labute approximate surface area is 227 Å². The molecule has 0 radical (unpaired) electrons. The number of methoxy groups -OCH3 is 1. The van der Waals surface area contributed by atoms with Crippen LogP contribution in [0.25, 0.3) is 10.8 Å². The molecule has 3 rings (SSSR count). The van der Waals surface area contributed by atoms with Gasteiger partial charge >= 0.3 is 0 Å². The van der Waals surface area contributed by atoms with E-state index in [0.717, 1.165) is 21.9 Å². The Balaban J connectivity index is 1.60. The molecule has 2 unspecified atom stereocenters. The predicted molar refractivity (Wildman–Crippen MR) is 145 cm³/mol. The second kappa shape index (κ2) is 15.2. The number of benzene rings is 3. The smallest absolute Gasteiger partial charge is 0.245 e. The SMILES string of the molecule is COCC(NC(=O)C(CC(=O)NO)NC(=O)CCCc1ccccc1)C(=O)NCc1cccc2ccccc12. The lowest BCUT2D eigenvalue weighted by molar-refractivity contribution is -0.136. The summed E-state index contributed by atoms with van der Waals surface area (Å²) in [7, 11) is 1.39. The fourth-order valence-electron chi connectivity index (χ4n) is 4.18. The first-order valence-electron chi connectivity index (χ1n) is 12.7. The van der Waals surface area contributed by atoms with Gasteiger partial charge in [0.2, 0.25) is 23.6 Å². The van der Waals surface area contributed by atoms with E-state index in [-0.39, 0.29) is 19.6 Å².